The molecule has 26 heavy (non-hydrogen) atoms. The zero-order valence-corrected chi connectivity index (χ0v) is 17.6. The fourth-order valence-electron chi connectivity index (χ4n) is 2.72. The van der Waals surface area contributed by atoms with Gasteiger partial charge in [0, 0.05) is 13.6 Å². The lowest BCUT2D eigenvalue weighted by Gasteiger charge is -2.36. The molecular weight excluding hydrogens is 340 g/mol. The van der Waals surface area contributed by atoms with Crippen molar-refractivity contribution in [1.29, 1.82) is 0 Å². The third kappa shape index (κ3) is 7.20. The van der Waals surface area contributed by atoms with E-state index in [2.05, 4.69) is 23.7 Å². The first kappa shape index (κ1) is 22.2. The van der Waals surface area contributed by atoms with E-state index in [-0.39, 0.29) is 11.9 Å². The minimum absolute atomic E-state index is 0.0576. The molecule has 1 atom stereocenters. The number of thioether (sulfide) groups is 1. The van der Waals surface area contributed by atoms with Crippen LogP contribution in [0.1, 0.15) is 58.6 Å². The molecule has 0 aliphatic carbocycles. The monoisotopic (exact) mass is 372 g/mol. The Labute approximate surface area is 163 Å². The van der Waals surface area contributed by atoms with Crippen LogP contribution in [0.5, 0.6) is 0 Å². The van der Waals surface area contributed by atoms with Gasteiger partial charge in [-0.25, -0.2) is 0 Å². The molecule has 0 bridgehead atoms. The molecule has 1 unspecified atom stereocenters. The number of carbonyl (C=O) groups excluding carboxylic acids is 1. The van der Waals surface area contributed by atoms with Crippen molar-refractivity contribution in [3.8, 4) is 0 Å². The Kier molecular flexibility index (Phi) is 10.0. The van der Waals surface area contributed by atoms with Crippen LogP contribution in [0.25, 0.3) is 0 Å². The second-order valence-corrected chi connectivity index (χ2v) is 7.89. The molecule has 4 heteroatoms. The van der Waals surface area contributed by atoms with Gasteiger partial charge in [0.1, 0.15) is 0 Å². The fourth-order valence-corrected chi connectivity index (χ4v) is 3.43. The van der Waals surface area contributed by atoms with Crippen molar-refractivity contribution in [2.45, 2.75) is 53.0 Å². The van der Waals surface area contributed by atoms with Crippen molar-refractivity contribution in [1.82, 2.24) is 4.90 Å². The molecule has 1 heterocycles. The van der Waals surface area contributed by atoms with Crippen LogP contribution in [-0.2, 0) is 4.79 Å². The summed E-state index contributed by atoms with van der Waals surface area (Å²) in [6, 6.07) is 10.5. The van der Waals surface area contributed by atoms with E-state index in [9.17, 15) is 4.79 Å². The first-order valence-electron chi connectivity index (χ1n) is 9.16. The maximum Gasteiger partial charge on any atom is 0.279 e. The molecule has 1 amide bonds. The van der Waals surface area contributed by atoms with Crippen LogP contribution in [0.2, 0.25) is 0 Å². The smallest absolute Gasteiger partial charge is 0.279 e. The molecule has 1 aliphatic rings. The predicted octanol–water partition coefficient (Wildman–Crippen LogP) is 6.01. The summed E-state index contributed by atoms with van der Waals surface area (Å²) in [5, 5.41) is 0.582. The normalized spacial score (nSPS) is 18.0. The van der Waals surface area contributed by atoms with Crippen LogP contribution >= 0.6 is 11.8 Å². The average molecular weight is 373 g/mol. The zero-order chi connectivity index (χ0) is 19.5. The minimum Gasteiger partial charge on any atom is -0.330 e. The lowest BCUT2D eigenvalue weighted by atomic mass is 9.95. The van der Waals surface area contributed by atoms with Gasteiger partial charge in [-0.1, -0.05) is 53.7 Å². The molecule has 0 saturated carbocycles. The number of aliphatic imine (C=N–C) groups is 1. The van der Waals surface area contributed by atoms with Gasteiger partial charge in [0.05, 0.1) is 6.04 Å². The average Bonchev–Trinajstić information content (AvgIpc) is 2.65. The van der Waals surface area contributed by atoms with Gasteiger partial charge in [-0.15, -0.1) is 6.58 Å². The Morgan fingerprint density at radius 3 is 2.38 bits per heavy atom. The largest absolute Gasteiger partial charge is 0.330 e. The molecule has 0 aromatic heterocycles. The number of piperidine rings is 1. The Morgan fingerprint density at radius 2 is 1.85 bits per heavy atom. The lowest BCUT2D eigenvalue weighted by molar-refractivity contribution is -0.127. The van der Waals surface area contributed by atoms with Crippen molar-refractivity contribution in [2.24, 2.45) is 4.99 Å². The number of allylic oxidation sites excluding steroid dienone is 3. The predicted molar refractivity (Wildman–Crippen MR) is 116 cm³/mol. The van der Waals surface area contributed by atoms with Crippen molar-refractivity contribution in [2.75, 3.05) is 13.6 Å². The van der Waals surface area contributed by atoms with Gasteiger partial charge in [0.15, 0.2) is 5.04 Å². The van der Waals surface area contributed by atoms with Gasteiger partial charge >= 0.3 is 0 Å². The van der Waals surface area contributed by atoms with Gasteiger partial charge in [-0.05, 0) is 57.4 Å². The Hall–Kier alpha value is -1.81. The van der Waals surface area contributed by atoms with Crippen LogP contribution in [0.3, 0.4) is 0 Å². The van der Waals surface area contributed by atoms with Crippen molar-refractivity contribution < 1.29 is 4.79 Å². The lowest BCUT2D eigenvalue weighted by Crippen LogP contribution is -2.41. The van der Waals surface area contributed by atoms with E-state index >= 15 is 0 Å². The Morgan fingerprint density at radius 1 is 1.23 bits per heavy atom. The summed E-state index contributed by atoms with van der Waals surface area (Å²) in [5.41, 5.74) is 2.39. The Bertz CT molecular complexity index is 645. The number of amides is 1. The second-order valence-electron chi connectivity index (χ2n) is 6.66. The van der Waals surface area contributed by atoms with Gasteiger partial charge < -0.3 is 4.90 Å². The summed E-state index contributed by atoms with van der Waals surface area (Å²) in [6.45, 7) is 12.3. The minimum atomic E-state index is 0.0576. The van der Waals surface area contributed by atoms with Crippen LogP contribution in [-0.4, -0.2) is 29.4 Å². The molecule has 1 fully saturated rings. The molecule has 2 rings (SSSR count). The van der Waals surface area contributed by atoms with Gasteiger partial charge in [-0.2, -0.15) is 0 Å². The third-order valence-electron chi connectivity index (χ3n) is 4.00. The summed E-state index contributed by atoms with van der Waals surface area (Å²) in [5.74, 6) is 0.0576. The van der Waals surface area contributed by atoms with E-state index in [1.807, 2.05) is 56.9 Å². The molecule has 1 aliphatic heterocycles. The Balaban J connectivity index is 0.000000765. The van der Waals surface area contributed by atoms with Crippen molar-refractivity contribution in [3.05, 3.63) is 59.0 Å². The van der Waals surface area contributed by atoms with Gasteiger partial charge in [-0.3, -0.25) is 9.79 Å². The number of rotatable bonds is 2. The maximum atomic E-state index is 12.9. The number of hydrogen-bond donors (Lipinski definition) is 0. The summed E-state index contributed by atoms with van der Waals surface area (Å²) in [7, 11) is 1.70. The molecule has 1 aromatic carbocycles. The van der Waals surface area contributed by atoms with Crippen LogP contribution in [0.15, 0.2) is 58.5 Å². The summed E-state index contributed by atoms with van der Waals surface area (Å²) < 4.78 is 0. The van der Waals surface area contributed by atoms with E-state index in [0.29, 0.717) is 5.04 Å². The third-order valence-corrected chi connectivity index (χ3v) is 5.11. The second kappa shape index (κ2) is 11.7. The number of nitrogens with zero attached hydrogens (tertiary/aromatic N) is 2. The zero-order valence-electron chi connectivity index (χ0n) is 16.8. The molecule has 3 nitrogen and oxygen atoms in total. The van der Waals surface area contributed by atoms with Crippen molar-refractivity contribution >= 4 is 22.7 Å². The molecule has 0 radical (unpaired) electrons. The molecule has 142 valence electrons. The molecular formula is C22H32N2OS. The highest BCUT2D eigenvalue weighted by Crippen LogP contribution is 2.32. The molecule has 0 N–H and O–H groups in total. The fraction of sp³-hybridized carbons (Fsp3) is 0.455. The van der Waals surface area contributed by atoms with Crippen LogP contribution in [0.4, 0.5) is 0 Å². The standard InChI is InChI=1S/C18H24N2OS.C4H8/c1-4-14(2)22-17(19-3)18(21)20-13-9-8-12-16(20)15-10-6-5-7-11-15;1-4(2)3/h4-7,10-11,16H,8-9,12-13H2,1-3H3;1H2,2-3H3/b14-4+,19-17?;. The van der Waals surface area contributed by atoms with E-state index in [1.165, 1.54) is 29.3 Å². The first-order chi connectivity index (χ1) is 12.4. The van der Waals surface area contributed by atoms with Crippen LogP contribution in [0, 0.1) is 0 Å². The van der Waals surface area contributed by atoms with Gasteiger partial charge in [0.25, 0.3) is 5.91 Å². The maximum absolute atomic E-state index is 12.9. The number of likely N-dealkylation sites (tertiary alicyclic amines) is 1. The van der Waals surface area contributed by atoms with Crippen LogP contribution < -0.4 is 0 Å². The first-order valence-corrected chi connectivity index (χ1v) is 9.97. The summed E-state index contributed by atoms with van der Waals surface area (Å²) in [4.78, 5) is 20.2. The number of carbonyl (C=O) groups is 1. The summed E-state index contributed by atoms with van der Waals surface area (Å²) >= 11 is 1.46. The highest BCUT2D eigenvalue weighted by molar-refractivity contribution is 8.18. The van der Waals surface area contributed by atoms with Crippen molar-refractivity contribution in [3.63, 3.8) is 0 Å². The van der Waals surface area contributed by atoms with E-state index in [0.717, 1.165) is 24.3 Å². The molecule has 1 aromatic rings. The number of benzene rings is 1. The van der Waals surface area contributed by atoms with E-state index < -0.39 is 0 Å². The highest BCUT2D eigenvalue weighted by atomic mass is 32.2. The molecule has 0 spiro atoms. The number of hydrogen-bond acceptors (Lipinski definition) is 3. The van der Waals surface area contributed by atoms with E-state index in [4.69, 9.17) is 0 Å². The highest BCUT2D eigenvalue weighted by Gasteiger charge is 2.30. The topological polar surface area (TPSA) is 32.7 Å². The van der Waals surface area contributed by atoms with Gasteiger partial charge in [0.2, 0.25) is 0 Å². The van der Waals surface area contributed by atoms with E-state index in [1.54, 1.807) is 7.05 Å². The summed E-state index contributed by atoms with van der Waals surface area (Å²) in [6.07, 6.45) is 5.27. The SMILES string of the molecule is C/C=C(\C)SC(=NC)C(=O)N1CCCCC1c1ccccc1.C=C(C)C. The quantitative estimate of drug-likeness (QED) is 0.362. The molecule has 1 saturated heterocycles.